The molecule has 0 bridgehead atoms. The summed E-state index contributed by atoms with van der Waals surface area (Å²) in [5.41, 5.74) is 0.582. The fraction of sp³-hybridized carbons (Fsp3) is 0.667. The first-order chi connectivity index (χ1) is 13.6. The number of rotatable bonds is 14. The number of carbonyl (C=O) groups is 2. The quantitative estimate of drug-likeness (QED) is 0.343. The maximum atomic E-state index is 12.6. The Morgan fingerprint density at radius 1 is 0.750 bits per heavy atom. The van der Waals surface area contributed by atoms with E-state index in [2.05, 4.69) is 27.7 Å². The van der Waals surface area contributed by atoms with Crippen LogP contribution in [-0.2, 0) is 9.47 Å². The Kier molecular flexibility index (Phi) is 12.3. The molecule has 0 radical (unpaired) electrons. The van der Waals surface area contributed by atoms with Crippen molar-refractivity contribution in [2.45, 2.75) is 79.1 Å². The third kappa shape index (κ3) is 8.45. The summed E-state index contributed by atoms with van der Waals surface area (Å²) in [6.07, 6.45) is 8.61. The second-order valence-electron chi connectivity index (χ2n) is 7.58. The van der Waals surface area contributed by atoms with Gasteiger partial charge in [0.1, 0.15) is 0 Å². The van der Waals surface area contributed by atoms with Crippen LogP contribution in [0.5, 0.6) is 0 Å². The molecule has 0 spiro atoms. The van der Waals surface area contributed by atoms with E-state index in [0.29, 0.717) is 36.2 Å². The first-order valence-corrected chi connectivity index (χ1v) is 11.0. The second-order valence-corrected chi connectivity index (χ2v) is 7.58. The molecule has 0 aromatic heterocycles. The van der Waals surface area contributed by atoms with Gasteiger partial charge in [0.05, 0.1) is 24.3 Å². The van der Waals surface area contributed by atoms with Crippen molar-refractivity contribution in [1.29, 1.82) is 0 Å². The number of hydrogen-bond donors (Lipinski definition) is 0. The van der Waals surface area contributed by atoms with Crippen LogP contribution in [0.3, 0.4) is 0 Å². The summed E-state index contributed by atoms with van der Waals surface area (Å²) in [4.78, 5) is 25.1. The summed E-state index contributed by atoms with van der Waals surface area (Å²) >= 11 is 0. The van der Waals surface area contributed by atoms with Gasteiger partial charge in [0.2, 0.25) is 0 Å². The van der Waals surface area contributed by atoms with Gasteiger partial charge in [0.25, 0.3) is 0 Å². The van der Waals surface area contributed by atoms with Gasteiger partial charge in [-0.2, -0.15) is 0 Å². The minimum absolute atomic E-state index is 0.291. The van der Waals surface area contributed by atoms with E-state index in [1.165, 1.54) is 0 Å². The zero-order valence-electron chi connectivity index (χ0n) is 18.2. The highest BCUT2D eigenvalue weighted by atomic mass is 16.5. The van der Waals surface area contributed by atoms with Crippen molar-refractivity contribution in [3.05, 3.63) is 35.4 Å². The van der Waals surface area contributed by atoms with Crippen molar-refractivity contribution in [2.24, 2.45) is 11.8 Å². The SMILES string of the molecule is CCCCC(CC)COC(=O)c1ccccc1C(=O)OC[C@H](CC)CCCC. The maximum Gasteiger partial charge on any atom is 0.339 e. The molecule has 1 rings (SSSR count). The molecule has 0 saturated carbocycles. The molecule has 0 N–H and O–H groups in total. The number of benzene rings is 1. The fourth-order valence-corrected chi connectivity index (χ4v) is 3.18. The van der Waals surface area contributed by atoms with Crippen LogP contribution in [0.25, 0.3) is 0 Å². The molecule has 4 heteroatoms. The molecule has 1 unspecified atom stereocenters. The molecule has 0 heterocycles. The van der Waals surface area contributed by atoms with Crippen LogP contribution >= 0.6 is 0 Å². The van der Waals surface area contributed by atoms with Gasteiger partial charge in [-0.3, -0.25) is 0 Å². The van der Waals surface area contributed by atoms with E-state index in [-0.39, 0.29) is 0 Å². The number of unbranched alkanes of at least 4 members (excludes halogenated alkanes) is 2. The Labute approximate surface area is 171 Å². The predicted molar refractivity (Wildman–Crippen MR) is 114 cm³/mol. The Hall–Kier alpha value is -1.84. The molecule has 1 aromatic carbocycles. The van der Waals surface area contributed by atoms with Crippen molar-refractivity contribution in [2.75, 3.05) is 13.2 Å². The number of hydrogen-bond acceptors (Lipinski definition) is 4. The third-order valence-corrected chi connectivity index (χ3v) is 5.35. The fourth-order valence-electron chi connectivity index (χ4n) is 3.18. The number of esters is 2. The average molecular weight is 391 g/mol. The van der Waals surface area contributed by atoms with E-state index in [1.54, 1.807) is 24.3 Å². The number of ether oxygens (including phenoxy) is 2. The van der Waals surface area contributed by atoms with Gasteiger partial charge in [-0.25, -0.2) is 9.59 Å². The minimum atomic E-state index is -0.444. The Morgan fingerprint density at radius 3 is 1.46 bits per heavy atom. The van der Waals surface area contributed by atoms with Crippen LogP contribution in [0.15, 0.2) is 24.3 Å². The van der Waals surface area contributed by atoms with Gasteiger partial charge in [0.15, 0.2) is 0 Å². The first kappa shape index (κ1) is 24.2. The third-order valence-electron chi connectivity index (χ3n) is 5.35. The van der Waals surface area contributed by atoms with Gasteiger partial charge < -0.3 is 9.47 Å². The van der Waals surface area contributed by atoms with Crippen molar-refractivity contribution < 1.29 is 19.1 Å². The zero-order chi connectivity index (χ0) is 20.8. The summed E-state index contributed by atoms with van der Waals surface area (Å²) in [7, 11) is 0. The highest BCUT2D eigenvalue weighted by molar-refractivity contribution is 6.03. The second kappa shape index (κ2) is 14.2. The largest absolute Gasteiger partial charge is 0.462 e. The van der Waals surface area contributed by atoms with Crippen molar-refractivity contribution in [1.82, 2.24) is 0 Å². The van der Waals surface area contributed by atoms with Gasteiger partial charge in [0, 0.05) is 0 Å². The minimum Gasteiger partial charge on any atom is -0.462 e. The van der Waals surface area contributed by atoms with Crippen LogP contribution in [0.4, 0.5) is 0 Å². The molecule has 0 fully saturated rings. The summed E-state index contributed by atoms with van der Waals surface area (Å²) in [6, 6.07) is 6.77. The Morgan fingerprint density at radius 2 is 1.14 bits per heavy atom. The van der Waals surface area contributed by atoms with Crippen LogP contribution in [0.2, 0.25) is 0 Å². The Bertz CT molecular complexity index is 531. The molecular formula is C24H38O4. The van der Waals surface area contributed by atoms with Gasteiger partial charge in [-0.15, -0.1) is 0 Å². The van der Waals surface area contributed by atoms with Gasteiger partial charge in [-0.1, -0.05) is 78.4 Å². The lowest BCUT2D eigenvalue weighted by Crippen LogP contribution is -2.19. The van der Waals surface area contributed by atoms with E-state index in [4.69, 9.17) is 9.47 Å². The molecule has 4 nitrogen and oxygen atoms in total. The van der Waals surface area contributed by atoms with Crippen LogP contribution in [0, 0.1) is 11.8 Å². The average Bonchev–Trinajstić information content (AvgIpc) is 2.73. The Balaban J connectivity index is 2.69. The van der Waals surface area contributed by atoms with Crippen LogP contribution < -0.4 is 0 Å². The normalized spacial score (nSPS) is 13.0. The van der Waals surface area contributed by atoms with Crippen molar-refractivity contribution in [3.63, 3.8) is 0 Å². The molecule has 0 aliphatic carbocycles. The molecule has 0 aliphatic heterocycles. The lowest BCUT2D eigenvalue weighted by molar-refractivity contribution is 0.0381. The van der Waals surface area contributed by atoms with Crippen molar-refractivity contribution in [3.8, 4) is 0 Å². The predicted octanol–water partition coefficient (Wildman–Crippen LogP) is 6.43. The molecule has 0 aliphatic rings. The van der Waals surface area contributed by atoms with Gasteiger partial charge in [-0.05, 0) is 36.8 Å². The van der Waals surface area contributed by atoms with E-state index < -0.39 is 11.9 Å². The van der Waals surface area contributed by atoms with E-state index >= 15 is 0 Å². The van der Waals surface area contributed by atoms with Gasteiger partial charge >= 0.3 is 11.9 Å². The standard InChI is InChI=1S/C24H38O4/c1-5-9-13-19(7-3)17-27-23(25)21-15-11-12-16-22(21)24(26)28-18-20(8-4)14-10-6-2/h11-12,15-16,19-20H,5-10,13-14,17-18H2,1-4H3/t19-,20?/m1/s1. The first-order valence-electron chi connectivity index (χ1n) is 11.0. The smallest absolute Gasteiger partial charge is 0.339 e. The summed E-state index contributed by atoms with van der Waals surface area (Å²) in [6.45, 7) is 9.34. The molecule has 0 saturated heterocycles. The van der Waals surface area contributed by atoms with Crippen molar-refractivity contribution >= 4 is 11.9 Å². The van der Waals surface area contributed by atoms with E-state index in [0.717, 1.165) is 51.4 Å². The molecular weight excluding hydrogens is 352 g/mol. The molecule has 0 amide bonds. The molecule has 28 heavy (non-hydrogen) atoms. The lowest BCUT2D eigenvalue weighted by atomic mass is 10.0. The lowest BCUT2D eigenvalue weighted by Gasteiger charge is -2.17. The summed E-state index contributed by atoms with van der Waals surface area (Å²) in [5, 5.41) is 0. The van der Waals surface area contributed by atoms with Crippen LogP contribution in [-0.4, -0.2) is 25.2 Å². The monoisotopic (exact) mass is 390 g/mol. The van der Waals surface area contributed by atoms with E-state index in [9.17, 15) is 9.59 Å². The van der Waals surface area contributed by atoms with Crippen LogP contribution in [0.1, 0.15) is 99.8 Å². The zero-order valence-corrected chi connectivity index (χ0v) is 18.2. The summed E-state index contributed by atoms with van der Waals surface area (Å²) < 4.78 is 11.0. The topological polar surface area (TPSA) is 52.6 Å². The highest BCUT2D eigenvalue weighted by Gasteiger charge is 2.21. The maximum absolute atomic E-state index is 12.6. The number of carbonyl (C=O) groups excluding carboxylic acids is 2. The molecule has 158 valence electrons. The molecule has 1 aromatic rings. The molecule has 2 atom stereocenters. The highest BCUT2D eigenvalue weighted by Crippen LogP contribution is 2.18. The summed E-state index contributed by atoms with van der Waals surface area (Å²) in [5.74, 6) is -0.153. The van der Waals surface area contributed by atoms with E-state index in [1.807, 2.05) is 0 Å².